The summed E-state index contributed by atoms with van der Waals surface area (Å²) in [6.45, 7) is 6.40. The molecular weight excluding hydrogens is 308 g/mol. The van der Waals surface area contributed by atoms with Gasteiger partial charge in [0.15, 0.2) is 0 Å². The molecule has 0 N–H and O–H groups in total. The number of ether oxygens (including phenoxy) is 1. The van der Waals surface area contributed by atoms with Crippen LogP contribution in [0.1, 0.15) is 138 Å². The zero-order valence-corrected chi connectivity index (χ0v) is 17.5. The van der Waals surface area contributed by atoms with Crippen molar-refractivity contribution < 1.29 is 10.9 Å². The Morgan fingerprint density at radius 1 is 0.680 bits per heavy atom. The highest BCUT2D eigenvalue weighted by molar-refractivity contribution is 5.38. The van der Waals surface area contributed by atoms with Gasteiger partial charge in [-0.15, -0.1) is 0 Å². The number of hydrogen-bond acceptors (Lipinski definition) is 2. The molecule has 2 nitrogen and oxygen atoms in total. The van der Waals surface area contributed by atoms with Crippen molar-refractivity contribution in [3.63, 3.8) is 0 Å². The van der Waals surface area contributed by atoms with Gasteiger partial charge in [0.05, 0.1) is 0 Å². The van der Waals surface area contributed by atoms with Crippen molar-refractivity contribution in [2.24, 2.45) is 0 Å². The van der Waals surface area contributed by atoms with Gasteiger partial charge in [-0.1, -0.05) is 110 Å². The summed E-state index contributed by atoms with van der Waals surface area (Å²) < 4.78 is 13.1. The molecule has 0 saturated carbocycles. The molecule has 0 amide bonds. The molecule has 0 heterocycles. The van der Waals surface area contributed by atoms with E-state index in [1.54, 1.807) is 0 Å². The van der Waals surface area contributed by atoms with Gasteiger partial charge in [0.1, 0.15) is 5.60 Å². The molecule has 25 heavy (non-hydrogen) atoms. The average molecular weight is 356 g/mol. The normalized spacial score (nSPS) is 13.5. The van der Waals surface area contributed by atoms with E-state index in [9.17, 15) is 4.79 Å². The standard InChI is InChI=1S/C23H46O2/c1-4-5-6-7-8-9-10-11-12-13-14-15-16-17-18-19-20-21-23(2,3)25-22-24/h22H,4-21H2,1-3H3/i21D. The Hall–Kier alpha value is -0.530. The van der Waals surface area contributed by atoms with Crippen LogP contribution in [0.25, 0.3) is 0 Å². The molecule has 0 radical (unpaired) electrons. The first-order valence-electron chi connectivity index (χ1n) is 11.7. The third-order valence-electron chi connectivity index (χ3n) is 5.05. The number of hydrogen-bond donors (Lipinski definition) is 0. The smallest absolute Gasteiger partial charge is 0.293 e. The lowest BCUT2D eigenvalue weighted by Gasteiger charge is -2.22. The minimum atomic E-state index is -0.655. The summed E-state index contributed by atoms with van der Waals surface area (Å²) in [6.07, 6.45) is 22.3. The third kappa shape index (κ3) is 19.6. The predicted molar refractivity (Wildman–Crippen MR) is 110 cm³/mol. The maximum absolute atomic E-state index is 10.4. The van der Waals surface area contributed by atoms with Crippen molar-refractivity contribution in [1.82, 2.24) is 0 Å². The van der Waals surface area contributed by atoms with E-state index in [0.29, 0.717) is 6.47 Å². The van der Waals surface area contributed by atoms with E-state index in [1.807, 2.05) is 13.8 Å². The second kappa shape index (κ2) is 18.3. The lowest BCUT2D eigenvalue weighted by atomic mass is 9.99. The van der Waals surface area contributed by atoms with Crippen molar-refractivity contribution in [3.05, 3.63) is 0 Å². The van der Waals surface area contributed by atoms with Gasteiger partial charge >= 0.3 is 0 Å². The Kier molecular flexibility index (Phi) is 16.4. The maximum atomic E-state index is 10.4. The molecule has 0 aliphatic rings. The molecule has 0 aliphatic carbocycles. The molecule has 0 fully saturated rings. The van der Waals surface area contributed by atoms with Gasteiger partial charge in [-0.05, 0) is 26.7 Å². The summed E-state index contributed by atoms with van der Waals surface area (Å²) in [5.74, 6) is 0. The molecule has 0 rings (SSSR count). The molecule has 0 bridgehead atoms. The molecule has 1 unspecified atom stereocenters. The van der Waals surface area contributed by atoms with Crippen LogP contribution in [0.15, 0.2) is 0 Å². The fourth-order valence-corrected chi connectivity index (χ4v) is 3.31. The van der Waals surface area contributed by atoms with Crippen LogP contribution in [-0.2, 0) is 9.53 Å². The number of rotatable bonds is 20. The molecule has 0 aromatic carbocycles. The monoisotopic (exact) mass is 355 g/mol. The van der Waals surface area contributed by atoms with Gasteiger partial charge in [-0.2, -0.15) is 0 Å². The highest BCUT2D eigenvalue weighted by atomic mass is 16.5. The third-order valence-corrected chi connectivity index (χ3v) is 5.05. The summed E-state index contributed by atoms with van der Waals surface area (Å²) in [6, 6.07) is 0. The highest BCUT2D eigenvalue weighted by Crippen LogP contribution is 2.19. The molecular formula is C23H46O2. The van der Waals surface area contributed by atoms with E-state index in [0.717, 1.165) is 12.8 Å². The highest BCUT2D eigenvalue weighted by Gasteiger charge is 2.17. The number of carbonyl (C=O) groups excluding carboxylic acids is 1. The van der Waals surface area contributed by atoms with E-state index in [4.69, 9.17) is 6.11 Å². The molecule has 0 saturated heterocycles. The molecule has 0 aliphatic heterocycles. The largest absolute Gasteiger partial charge is 0.462 e. The quantitative estimate of drug-likeness (QED) is 0.163. The Morgan fingerprint density at radius 3 is 1.32 bits per heavy atom. The zero-order chi connectivity index (χ0) is 19.5. The molecule has 0 aromatic rings. The average Bonchev–Trinajstić information content (AvgIpc) is 2.61. The first kappa shape index (κ1) is 22.5. The van der Waals surface area contributed by atoms with Crippen molar-refractivity contribution in [3.8, 4) is 0 Å². The van der Waals surface area contributed by atoms with E-state index in [-0.39, 0.29) is 6.40 Å². The first-order valence-corrected chi connectivity index (χ1v) is 11.1. The van der Waals surface area contributed by atoms with Gasteiger partial charge in [0, 0.05) is 1.37 Å². The Labute approximate surface area is 159 Å². The van der Waals surface area contributed by atoms with Crippen LogP contribution in [0.5, 0.6) is 0 Å². The van der Waals surface area contributed by atoms with Gasteiger partial charge in [-0.25, -0.2) is 0 Å². The van der Waals surface area contributed by atoms with E-state index >= 15 is 0 Å². The minimum absolute atomic E-state index is 0.320. The maximum Gasteiger partial charge on any atom is 0.293 e. The van der Waals surface area contributed by atoms with Crippen molar-refractivity contribution in [1.29, 1.82) is 0 Å². The second-order valence-corrected chi connectivity index (χ2v) is 8.11. The van der Waals surface area contributed by atoms with Crippen LogP contribution in [0.4, 0.5) is 0 Å². The topological polar surface area (TPSA) is 26.3 Å². The van der Waals surface area contributed by atoms with Gasteiger partial charge < -0.3 is 4.74 Å². The van der Waals surface area contributed by atoms with Crippen LogP contribution < -0.4 is 0 Å². The van der Waals surface area contributed by atoms with E-state index < -0.39 is 5.60 Å². The molecule has 0 aromatic heterocycles. The molecule has 2 heteroatoms. The molecule has 0 spiro atoms. The number of carbonyl (C=O) groups is 1. The van der Waals surface area contributed by atoms with Crippen molar-refractivity contribution >= 4 is 6.47 Å². The van der Waals surface area contributed by atoms with E-state index in [1.165, 1.54) is 96.3 Å². The van der Waals surface area contributed by atoms with Crippen LogP contribution in [-0.4, -0.2) is 12.1 Å². The Morgan fingerprint density at radius 2 is 1.00 bits per heavy atom. The first-order chi connectivity index (χ1) is 12.5. The summed E-state index contributed by atoms with van der Waals surface area (Å²) >= 11 is 0. The van der Waals surface area contributed by atoms with Gasteiger partial charge in [0.2, 0.25) is 0 Å². The summed E-state index contributed by atoms with van der Waals surface area (Å²) in [5.41, 5.74) is -0.655. The zero-order valence-electron chi connectivity index (χ0n) is 18.5. The summed E-state index contributed by atoms with van der Waals surface area (Å²) in [5, 5.41) is 0. The van der Waals surface area contributed by atoms with Crippen LogP contribution in [0, 0.1) is 0 Å². The fourth-order valence-electron chi connectivity index (χ4n) is 3.31. The lowest BCUT2D eigenvalue weighted by molar-refractivity contribution is -0.140. The second-order valence-electron chi connectivity index (χ2n) is 8.11. The van der Waals surface area contributed by atoms with Gasteiger partial charge in [-0.3, -0.25) is 4.79 Å². The van der Waals surface area contributed by atoms with Crippen LogP contribution >= 0.6 is 0 Å². The molecule has 1 atom stereocenters. The van der Waals surface area contributed by atoms with Gasteiger partial charge in [0.25, 0.3) is 6.47 Å². The Bertz CT molecular complexity index is 305. The Balaban J connectivity index is 3.23. The summed E-state index contributed by atoms with van der Waals surface area (Å²) in [4.78, 5) is 10.4. The SMILES string of the molecule is [2H]C(CCCCCCCCCCCCCCCCCC)C(C)(C)OC=O. The predicted octanol–water partition coefficient (Wildman–Crippen LogP) is 7.98. The minimum Gasteiger partial charge on any atom is -0.462 e. The van der Waals surface area contributed by atoms with E-state index in [2.05, 4.69) is 6.92 Å². The van der Waals surface area contributed by atoms with Crippen molar-refractivity contribution in [2.45, 2.75) is 142 Å². The molecule has 150 valence electrons. The van der Waals surface area contributed by atoms with Crippen LogP contribution in [0.2, 0.25) is 0 Å². The lowest BCUT2D eigenvalue weighted by Crippen LogP contribution is -2.23. The summed E-state index contributed by atoms with van der Waals surface area (Å²) in [7, 11) is 0. The fraction of sp³-hybridized carbons (Fsp3) is 0.957. The number of unbranched alkanes of at least 4 members (excludes halogenated alkanes) is 15. The van der Waals surface area contributed by atoms with Crippen molar-refractivity contribution in [2.75, 3.05) is 0 Å². The van der Waals surface area contributed by atoms with Crippen LogP contribution in [0.3, 0.4) is 0 Å².